The topological polar surface area (TPSA) is 86.9 Å². The number of hydrogen-bond donors (Lipinski definition) is 1. The fourth-order valence-corrected chi connectivity index (χ4v) is 3.39. The molecule has 3 aromatic heterocycles. The molecule has 0 radical (unpaired) electrons. The van der Waals surface area contributed by atoms with Crippen molar-refractivity contribution in [3.63, 3.8) is 0 Å². The Morgan fingerprint density at radius 3 is 2.18 bits per heavy atom. The number of pyridine rings is 3. The maximum atomic E-state index is 13.4. The summed E-state index contributed by atoms with van der Waals surface area (Å²) in [6, 6.07) is 10.7. The van der Waals surface area contributed by atoms with Crippen LogP contribution in [-0.2, 0) is 5.54 Å². The van der Waals surface area contributed by atoms with Crippen LogP contribution in [0, 0.1) is 23.2 Å². The maximum absolute atomic E-state index is 13.4. The van der Waals surface area contributed by atoms with Crippen LogP contribution in [0.2, 0.25) is 0 Å². The molecule has 0 aliphatic carbocycles. The normalized spacial score (nSPS) is 17.5. The highest BCUT2D eigenvalue weighted by atomic mass is 19.1. The van der Waals surface area contributed by atoms with Gasteiger partial charge in [0.05, 0.1) is 17.7 Å². The second kappa shape index (κ2) is 6.78. The van der Waals surface area contributed by atoms with Crippen molar-refractivity contribution in [2.24, 2.45) is 4.99 Å². The summed E-state index contributed by atoms with van der Waals surface area (Å²) in [6.07, 6.45) is 4.36. The Hall–Kier alpha value is -3.73. The first kappa shape index (κ1) is 17.7. The van der Waals surface area contributed by atoms with E-state index in [2.05, 4.69) is 31.3 Å². The van der Waals surface area contributed by atoms with E-state index in [0.29, 0.717) is 28.2 Å². The Morgan fingerprint density at radius 2 is 1.64 bits per heavy atom. The predicted octanol–water partition coefficient (Wildman–Crippen LogP) is 2.70. The van der Waals surface area contributed by atoms with Crippen LogP contribution < -0.4 is 5.32 Å². The monoisotopic (exact) mass is 376 g/mol. The number of amidine groups is 1. The quantitative estimate of drug-likeness (QED) is 0.710. The molecule has 8 heteroatoms. The predicted molar refractivity (Wildman–Crippen MR) is 97.3 cm³/mol. The molecule has 4 rings (SSSR count). The van der Waals surface area contributed by atoms with E-state index >= 15 is 0 Å². The van der Waals surface area contributed by atoms with E-state index in [1.807, 2.05) is 6.92 Å². The minimum absolute atomic E-state index is 0.366. The maximum Gasteiger partial charge on any atom is 0.212 e. The molecule has 0 saturated carbocycles. The van der Waals surface area contributed by atoms with Crippen LogP contribution in [0.4, 0.5) is 8.78 Å². The van der Waals surface area contributed by atoms with Crippen molar-refractivity contribution in [3.8, 4) is 6.07 Å². The molecule has 0 aromatic carbocycles. The molecular formula is C20H14F2N6. The smallest absolute Gasteiger partial charge is 0.212 e. The summed E-state index contributed by atoms with van der Waals surface area (Å²) in [6.45, 7) is 1.88. The zero-order valence-corrected chi connectivity index (χ0v) is 14.8. The number of rotatable bonds is 3. The number of halogens is 2. The van der Waals surface area contributed by atoms with Gasteiger partial charge in [0.25, 0.3) is 0 Å². The van der Waals surface area contributed by atoms with Gasteiger partial charge in [-0.05, 0) is 31.2 Å². The molecule has 1 atom stereocenters. The third kappa shape index (κ3) is 2.87. The number of hydrogen-bond acceptors (Lipinski definition) is 6. The molecule has 1 N–H and O–H groups in total. The minimum atomic E-state index is -0.943. The summed E-state index contributed by atoms with van der Waals surface area (Å²) < 4.78 is 26.8. The van der Waals surface area contributed by atoms with Gasteiger partial charge in [-0.3, -0.25) is 9.98 Å². The van der Waals surface area contributed by atoms with Crippen LogP contribution in [0.3, 0.4) is 0 Å². The molecule has 0 unspecified atom stereocenters. The zero-order chi connectivity index (χ0) is 19.7. The fourth-order valence-electron chi connectivity index (χ4n) is 3.39. The largest absolute Gasteiger partial charge is 0.353 e. The molecule has 28 heavy (non-hydrogen) atoms. The molecule has 3 aromatic rings. The van der Waals surface area contributed by atoms with Crippen molar-refractivity contribution >= 4 is 5.84 Å². The highest BCUT2D eigenvalue weighted by Gasteiger charge is 2.46. The van der Waals surface area contributed by atoms with Gasteiger partial charge in [-0.1, -0.05) is 12.1 Å². The van der Waals surface area contributed by atoms with Gasteiger partial charge in [0.15, 0.2) is 0 Å². The lowest BCUT2D eigenvalue weighted by atomic mass is 9.79. The molecule has 138 valence electrons. The minimum Gasteiger partial charge on any atom is -0.353 e. The summed E-state index contributed by atoms with van der Waals surface area (Å²) in [4.78, 5) is 16.5. The van der Waals surface area contributed by atoms with Crippen molar-refractivity contribution in [3.05, 3.63) is 89.3 Å². The lowest BCUT2D eigenvalue weighted by Gasteiger charge is -2.34. The van der Waals surface area contributed by atoms with Gasteiger partial charge in [-0.25, -0.2) is 9.97 Å². The van der Waals surface area contributed by atoms with Crippen molar-refractivity contribution in [2.45, 2.75) is 18.5 Å². The highest BCUT2D eigenvalue weighted by Crippen LogP contribution is 2.38. The van der Waals surface area contributed by atoms with Gasteiger partial charge in [0, 0.05) is 29.7 Å². The van der Waals surface area contributed by atoms with Gasteiger partial charge < -0.3 is 5.32 Å². The van der Waals surface area contributed by atoms with Crippen LogP contribution in [0.5, 0.6) is 0 Å². The van der Waals surface area contributed by atoms with Crippen molar-refractivity contribution in [2.75, 3.05) is 0 Å². The molecule has 0 amide bonds. The lowest BCUT2D eigenvalue weighted by molar-refractivity contribution is 0.427. The second-order valence-electron chi connectivity index (χ2n) is 6.37. The Balaban J connectivity index is 1.84. The molecule has 4 heterocycles. The van der Waals surface area contributed by atoms with Crippen LogP contribution in [-0.4, -0.2) is 26.8 Å². The van der Waals surface area contributed by atoms with E-state index < -0.39 is 17.4 Å². The Morgan fingerprint density at radius 1 is 1.00 bits per heavy atom. The third-order valence-corrected chi connectivity index (χ3v) is 4.76. The zero-order valence-electron chi connectivity index (χ0n) is 14.8. The number of nitrogens with zero attached hydrogens (tertiary/aromatic N) is 5. The molecule has 0 saturated heterocycles. The van der Waals surface area contributed by atoms with Crippen molar-refractivity contribution < 1.29 is 8.78 Å². The van der Waals surface area contributed by atoms with Crippen molar-refractivity contribution in [1.82, 2.24) is 20.3 Å². The van der Waals surface area contributed by atoms with Crippen LogP contribution in [0.1, 0.15) is 29.3 Å². The van der Waals surface area contributed by atoms with E-state index in [-0.39, 0.29) is 6.04 Å². The first-order chi connectivity index (χ1) is 13.5. The average Bonchev–Trinajstić information content (AvgIpc) is 3.07. The number of nitrogens with one attached hydrogen (secondary N) is 1. The number of aliphatic imine (C=N–C) groups is 1. The summed E-state index contributed by atoms with van der Waals surface area (Å²) in [5.74, 6) is -0.740. The summed E-state index contributed by atoms with van der Waals surface area (Å²) >= 11 is 0. The van der Waals surface area contributed by atoms with Crippen LogP contribution >= 0.6 is 0 Å². The first-order valence-corrected chi connectivity index (χ1v) is 8.49. The van der Waals surface area contributed by atoms with E-state index in [0.717, 1.165) is 0 Å². The number of aromatic nitrogens is 3. The summed E-state index contributed by atoms with van der Waals surface area (Å²) in [5, 5.41) is 12.5. The molecular weight excluding hydrogens is 362 g/mol. The Bertz CT molecular complexity index is 1040. The van der Waals surface area contributed by atoms with Gasteiger partial charge >= 0.3 is 0 Å². The number of nitriles is 1. The summed E-state index contributed by atoms with van der Waals surface area (Å²) in [5.41, 5.74) is 1.29. The Labute approximate surface area is 159 Å². The van der Waals surface area contributed by atoms with Crippen LogP contribution in [0.15, 0.2) is 60.0 Å². The van der Waals surface area contributed by atoms with Gasteiger partial charge in [0.2, 0.25) is 11.9 Å². The Kier molecular flexibility index (Phi) is 4.28. The molecule has 1 aliphatic rings. The first-order valence-electron chi connectivity index (χ1n) is 8.49. The molecule has 1 aliphatic heterocycles. The molecule has 0 spiro atoms. The fraction of sp³-hybridized carbons (Fsp3) is 0.150. The van der Waals surface area contributed by atoms with E-state index in [1.54, 1.807) is 24.3 Å². The standard InChI is InChI=1S/C20H14F2N6/c1-12-20(14-2-4-17(21)25-10-14,15-3-5-18(22)26-11-15)28-19(27-12)16-8-13(9-23)6-7-24-16/h2-8,10-12H,1H3,(H,27,28)/t12-/m0/s1. The van der Waals surface area contributed by atoms with Crippen molar-refractivity contribution in [1.29, 1.82) is 5.26 Å². The lowest BCUT2D eigenvalue weighted by Crippen LogP contribution is -2.48. The molecule has 6 nitrogen and oxygen atoms in total. The van der Waals surface area contributed by atoms with E-state index in [9.17, 15) is 8.78 Å². The molecule has 0 fully saturated rings. The van der Waals surface area contributed by atoms with Gasteiger partial charge in [-0.15, -0.1) is 0 Å². The van der Waals surface area contributed by atoms with E-state index in [4.69, 9.17) is 5.26 Å². The van der Waals surface area contributed by atoms with E-state index in [1.165, 1.54) is 30.7 Å². The molecule has 0 bridgehead atoms. The SMILES string of the molecule is C[C@@H]1N=C(c2cc(C#N)ccn2)NC1(c1ccc(F)nc1)c1ccc(F)nc1. The second-order valence-corrected chi connectivity index (χ2v) is 6.37. The van der Waals surface area contributed by atoms with Gasteiger partial charge in [0.1, 0.15) is 17.1 Å². The van der Waals surface area contributed by atoms with Gasteiger partial charge in [-0.2, -0.15) is 14.0 Å². The van der Waals surface area contributed by atoms with Crippen LogP contribution in [0.25, 0.3) is 0 Å². The average molecular weight is 376 g/mol. The highest BCUT2D eigenvalue weighted by molar-refractivity contribution is 6.00. The third-order valence-electron chi connectivity index (χ3n) is 4.76. The summed E-state index contributed by atoms with van der Waals surface area (Å²) in [7, 11) is 0.